The van der Waals surface area contributed by atoms with E-state index in [1.54, 1.807) is 31.3 Å². The van der Waals surface area contributed by atoms with Crippen LogP contribution in [-0.2, 0) is 4.79 Å². The second-order valence-electron chi connectivity index (χ2n) is 3.01. The quantitative estimate of drug-likeness (QED) is 0.797. The lowest BCUT2D eigenvalue weighted by Crippen LogP contribution is -2.10. The van der Waals surface area contributed by atoms with E-state index >= 15 is 0 Å². The molecule has 0 bridgehead atoms. The Morgan fingerprint density at radius 1 is 1.44 bits per heavy atom. The van der Waals surface area contributed by atoms with Crippen molar-refractivity contribution in [3.63, 3.8) is 0 Å². The van der Waals surface area contributed by atoms with Crippen LogP contribution in [0.1, 0.15) is 12.0 Å². The van der Waals surface area contributed by atoms with Gasteiger partial charge in [0.1, 0.15) is 12.5 Å². The zero-order valence-corrected chi connectivity index (χ0v) is 8.74. The van der Waals surface area contributed by atoms with Crippen molar-refractivity contribution >= 4 is 17.3 Å². The second-order valence-corrected chi connectivity index (χ2v) is 3.01. The van der Waals surface area contributed by atoms with E-state index < -0.39 is 0 Å². The Balaban J connectivity index is 2.89. The summed E-state index contributed by atoms with van der Waals surface area (Å²) in [5, 5.41) is 22.6. The van der Waals surface area contributed by atoms with Gasteiger partial charge in [0.05, 0.1) is 17.3 Å². The molecule has 2 N–H and O–H groups in total. The average Bonchev–Trinajstić information content (AvgIpc) is 2.29. The molecule has 0 heterocycles. The number of rotatable bonds is 3. The monoisotopic (exact) mass is 214 g/mol. The summed E-state index contributed by atoms with van der Waals surface area (Å²) in [5.74, 6) is -0.386. The number of carbonyl (C=O) groups excluding carboxylic acids is 1. The molecule has 0 radical (unpaired) electrons. The van der Waals surface area contributed by atoms with Crippen molar-refractivity contribution in [3.8, 4) is 12.1 Å². The minimum atomic E-state index is -0.386. The molecule has 0 aliphatic carbocycles. The number of benzene rings is 1. The minimum absolute atomic E-state index is 0.199. The SMILES string of the molecule is CNc1ccc(NC(=O)CC#N)cc1C#N. The van der Waals surface area contributed by atoms with Crippen molar-refractivity contribution in [1.82, 2.24) is 0 Å². The number of hydrogen-bond donors (Lipinski definition) is 2. The van der Waals surface area contributed by atoms with Gasteiger partial charge in [0.25, 0.3) is 0 Å². The summed E-state index contributed by atoms with van der Waals surface area (Å²) in [5.41, 5.74) is 1.65. The van der Waals surface area contributed by atoms with Gasteiger partial charge in [0, 0.05) is 12.7 Å². The second kappa shape index (κ2) is 5.38. The van der Waals surface area contributed by atoms with Crippen molar-refractivity contribution in [2.24, 2.45) is 0 Å². The normalized spacial score (nSPS) is 8.69. The van der Waals surface area contributed by atoms with Gasteiger partial charge in [-0.05, 0) is 18.2 Å². The van der Waals surface area contributed by atoms with Gasteiger partial charge in [-0.2, -0.15) is 10.5 Å². The molecule has 0 aliphatic rings. The molecule has 0 aliphatic heterocycles. The first-order chi connectivity index (χ1) is 7.71. The first kappa shape index (κ1) is 11.5. The maximum atomic E-state index is 11.1. The van der Waals surface area contributed by atoms with Crippen molar-refractivity contribution in [1.29, 1.82) is 10.5 Å². The van der Waals surface area contributed by atoms with Crippen LogP contribution in [0.2, 0.25) is 0 Å². The van der Waals surface area contributed by atoms with Crippen LogP contribution in [0.4, 0.5) is 11.4 Å². The van der Waals surface area contributed by atoms with E-state index in [9.17, 15) is 4.79 Å². The molecule has 80 valence electrons. The van der Waals surface area contributed by atoms with Crippen molar-refractivity contribution < 1.29 is 4.79 Å². The number of carbonyl (C=O) groups is 1. The number of nitriles is 2. The van der Waals surface area contributed by atoms with Crippen molar-refractivity contribution in [2.75, 3.05) is 17.7 Å². The molecule has 0 fully saturated rings. The molecule has 1 aromatic carbocycles. The summed E-state index contributed by atoms with van der Waals surface area (Å²) in [4.78, 5) is 11.1. The van der Waals surface area contributed by atoms with Crippen LogP contribution in [0.5, 0.6) is 0 Å². The number of hydrogen-bond acceptors (Lipinski definition) is 4. The molecular weight excluding hydrogens is 204 g/mol. The first-order valence-corrected chi connectivity index (χ1v) is 4.60. The topological polar surface area (TPSA) is 88.7 Å². The van der Waals surface area contributed by atoms with Crippen LogP contribution in [0, 0.1) is 22.7 Å². The van der Waals surface area contributed by atoms with Gasteiger partial charge >= 0.3 is 0 Å². The fourth-order valence-corrected chi connectivity index (χ4v) is 1.21. The van der Waals surface area contributed by atoms with Crippen LogP contribution >= 0.6 is 0 Å². The number of nitrogens with one attached hydrogen (secondary N) is 2. The highest BCUT2D eigenvalue weighted by Crippen LogP contribution is 2.19. The largest absolute Gasteiger partial charge is 0.387 e. The molecule has 1 aromatic rings. The Labute approximate surface area is 93.3 Å². The van der Waals surface area contributed by atoms with Crippen LogP contribution < -0.4 is 10.6 Å². The van der Waals surface area contributed by atoms with Gasteiger partial charge in [-0.3, -0.25) is 4.79 Å². The Kier molecular flexibility index (Phi) is 3.88. The standard InChI is InChI=1S/C11H10N4O/c1-14-10-3-2-9(6-8(10)7-13)15-11(16)4-5-12/h2-3,6,14H,4H2,1H3,(H,15,16). The fraction of sp³-hybridized carbons (Fsp3) is 0.182. The van der Waals surface area contributed by atoms with E-state index in [2.05, 4.69) is 10.6 Å². The first-order valence-electron chi connectivity index (χ1n) is 4.60. The molecule has 0 saturated carbocycles. The van der Waals surface area contributed by atoms with Crippen LogP contribution in [0.15, 0.2) is 18.2 Å². The smallest absolute Gasteiger partial charge is 0.238 e. The Hall–Kier alpha value is -2.53. The molecule has 0 unspecified atom stereocenters. The molecular formula is C11H10N4O. The lowest BCUT2D eigenvalue weighted by Gasteiger charge is -2.06. The van der Waals surface area contributed by atoms with E-state index in [-0.39, 0.29) is 12.3 Å². The molecule has 0 aromatic heterocycles. The molecule has 1 amide bonds. The highest BCUT2D eigenvalue weighted by Gasteiger charge is 2.04. The predicted molar refractivity (Wildman–Crippen MR) is 59.6 cm³/mol. The van der Waals surface area contributed by atoms with Crippen molar-refractivity contribution in [2.45, 2.75) is 6.42 Å². The van der Waals surface area contributed by atoms with E-state index in [0.29, 0.717) is 16.9 Å². The highest BCUT2D eigenvalue weighted by molar-refractivity contribution is 5.92. The lowest BCUT2D eigenvalue weighted by molar-refractivity contribution is -0.115. The van der Waals surface area contributed by atoms with Crippen molar-refractivity contribution in [3.05, 3.63) is 23.8 Å². The van der Waals surface area contributed by atoms with Crippen LogP contribution in [0.25, 0.3) is 0 Å². The highest BCUT2D eigenvalue weighted by atomic mass is 16.1. The van der Waals surface area contributed by atoms with Crippen LogP contribution in [0.3, 0.4) is 0 Å². The third-order valence-electron chi connectivity index (χ3n) is 1.93. The summed E-state index contributed by atoms with van der Waals surface area (Å²) in [6.45, 7) is 0. The summed E-state index contributed by atoms with van der Waals surface area (Å²) >= 11 is 0. The Morgan fingerprint density at radius 3 is 2.75 bits per heavy atom. The summed E-state index contributed by atoms with van der Waals surface area (Å²) in [6.07, 6.45) is -0.199. The predicted octanol–water partition coefficient (Wildman–Crippen LogP) is 1.45. The van der Waals surface area contributed by atoms with Gasteiger partial charge in [0.2, 0.25) is 5.91 Å². The van der Waals surface area contributed by atoms with E-state index in [1.165, 1.54) is 0 Å². The number of anilines is 2. The molecule has 5 nitrogen and oxygen atoms in total. The minimum Gasteiger partial charge on any atom is -0.387 e. The van der Waals surface area contributed by atoms with Gasteiger partial charge < -0.3 is 10.6 Å². The maximum absolute atomic E-state index is 11.1. The third-order valence-corrected chi connectivity index (χ3v) is 1.93. The molecule has 5 heteroatoms. The fourth-order valence-electron chi connectivity index (χ4n) is 1.21. The summed E-state index contributed by atoms with van der Waals surface area (Å²) in [7, 11) is 1.71. The number of amides is 1. The molecule has 0 saturated heterocycles. The van der Waals surface area contributed by atoms with Crippen LogP contribution in [-0.4, -0.2) is 13.0 Å². The van der Waals surface area contributed by atoms with Gasteiger partial charge in [-0.1, -0.05) is 0 Å². The van der Waals surface area contributed by atoms with E-state index in [1.807, 2.05) is 6.07 Å². The van der Waals surface area contributed by atoms with Gasteiger partial charge in [0.15, 0.2) is 0 Å². The average molecular weight is 214 g/mol. The maximum Gasteiger partial charge on any atom is 0.238 e. The summed E-state index contributed by atoms with van der Waals surface area (Å²) in [6, 6.07) is 8.68. The molecule has 16 heavy (non-hydrogen) atoms. The van der Waals surface area contributed by atoms with E-state index in [0.717, 1.165) is 0 Å². The zero-order chi connectivity index (χ0) is 12.0. The molecule has 0 spiro atoms. The Bertz CT molecular complexity index is 482. The van der Waals surface area contributed by atoms with E-state index in [4.69, 9.17) is 10.5 Å². The van der Waals surface area contributed by atoms with Gasteiger partial charge in [-0.15, -0.1) is 0 Å². The van der Waals surface area contributed by atoms with Gasteiger partial charge in [-0.25, -0.2) is 0 Å². The zero-order valence-electron chi connectivity index (χ0n) is 8.74. The Morgan fingerprint density at radius 2 is 2.19 bits per heavy atom. The molecule has 0 atom stereocenters. The summed E-state index contributed by atoms with van der Waals surface area (Å²) < 4.78 is 0. The molecule has 1 rings (SSSR count). The lowest BCUT2D eigenvalue weighted by atomic mass is 10.1. The number of nitrogens with zero attached hydrogens (tertiary/aromatic N) is 2. The third kappa shape index (κ3) is 2.73.